The standard InChI is InChI=1S/C11H19BrN2O/c1-8(2)13-6-9(3)14-7-10-4-5-15-11(10)12/h4-5,8-9,13-14H,6-7H2,1-3H3. The molecule has 0 radical (unpaired) electrons. The van der Waals surface area contributed by atoms with E-state index in [1.807, 2.05) is 6.07 Å². The van der Waals surface area contributed by atoms with Crippen molar-refractivity contribution >= 4 is 15.9 Å². The van der Waals surface area contributed by atoms with Gasteiger partial charge in [-0.25, -0.2) is 0 Å². The Labute approximate surface area is 99.7 Å². The van der Waals surface area contributed by atoms with Crippen LogP contribution in [0.4, 0.5) is 0 Å². The second-order valence-electron chi connectivity index (χ2n) is 4.06. The van der Waals surface area contributed by atoms with Crippen molar-refractivity contribution in [3.63, 3.8) is 0 Å². The van der Waals surface area contributed by atoms with Crippen LogP contribution in [0.1, 0.15) is 26.3 Å². The van der Waals surface area contributed by atoms with Crippen molar-refractivity contribution in [1.29, 1.82) is 0 Å². The molecular weight excluding hydrogens is 256 g/mol. The maximum absolute atomic E-state index is 5.16. The van der Waals surface area contributed by atoms with E-state index in [9.17, 15) is 0 Å². The maximum Gasteiger partial charge on any atom is 0.173 e. The average molecular weight is 275 g/mol. The van der Waals surface area contributed by atoms with Crippen LogP contribution in [0.5, 0.6) is 0 Å². The van der Waals surface area contributed by atoms with Crippen molar-refractivity contribution in [2.45, 2.75) is 39.4 Å². The van der Waals surface area contributed by atoms with E-state index in [2.05, 4.69) is 47.3 Å². The van der Waals surface area contributed by atoms with Crippen LogP contribution < -0.4 is 10.6 Å². The van der Waals surface area contributed by atoms with Gasteiger partial charge in [0.15, 0.2) is 4.67 Å². The third kappa shape index (κ3) is 4.82. The molecule has 15 heavy (non-hydrogen) atoms. The third-order valence-corrected chi connectivity index (χ3v) is 2.86. The van der Waals surface area contributed by atoms with E-state index in [-0.39, 0.29) is 0 Å². The van der Waals surface area contributed by atoms with Crippen LogP contribution in [-0.4, -0.2) is 18.6 Å². The molecule has 4 heteroatoms. The van der Waals surface area contributed by atoms with Gasteiger partial charge in [-0.1, -0.05) is 13.8 Å². The summed E-state index contributed by atoms with van der Waals surface area (Å²) >= 11 is 3.36. The minimum Gasteiger partial charge on any atom is -0.457 e. The summed E-state index contributed by atoms with van der Waals surface area (Å²) in [5.41, 5.74) is 1.16. The van der Waals surface area contributed by atoms with Crippen LogP contribution in [-0.2, 0) is 6.54 Å². The highest BCUT2D eigenvalue weighted by molar-refractivity contribution is 9.10. The summed E-state index contributed by atoms with van der Waals surface area (Å²) in [4.78, 5) is 0. The molecule has 0 aliphatic heterocycles. The largest absolute Gasteiger partial charge is 0.457 e. The second-order valence-corrected chi connectivity index (χ2v) is 4.78. The highest BCUT2D eigenvalue weighted by Gasteiger charge is 2.05. The summed E-state index contributed by atoms with van der Waals surface area (Å²) < 4.78 is 5.97. The van der Waals surface area contributed by atoms with Gasteiger partial charge >= 0.3 is 0 Å². The summed E-state index contributed by atoms with van der Waals surface area (Å²) in [6, 6.07) is 2.96. The van der Waals surface area contributed by atoms with Crippen LogP contribution >= 0.6 is 15.9 Å². The molecule has 86 valence electrons. The number of halogens is 1. The monoisotopic (exact) mass is 274 g/mol. The number of hydrogen-bond acceptors (Lipinski definition) is 3. The molecule has 0 saturated heterocycles. The van der Waals surface area contributed by atoms with Crippen LogP contribution in [0, 0.1) is 0 Å². The Morgan fingerprint density at radius 3 is 2.60 bits per heavy atom. The fourth-order valence-corrected chi connectivity index (χ4v) is 1.59. The van der Waals surface area contributed by atoms with E-state index in [4.69, 9.17) is 4.42 Å². The van der Waals surface area contributed by atoms with Gasteiger partial charge in [0.2, 0.25) is 0 Å². The molecule has 0 fully saturated rings. The SMILES string of the molecule is CC(C)NCC(C)NCc1ccoc1Br. The first kappa shape index (κ1) is 12.7. The van der Waals surface area contributed by atoms with Crippen molar-refractivity contribution in [1.82, 2.24) is 10.6 Å². The predicted molar refractivity (Wildman–Crippen MR) is 65.8 cm³/mol. The van der Waals surface area contributed by atoms with E-state index in [1.165, 1.54) is 0 Å². The molecule has 2 N–H and O–H groups in total. The molecule has 0 spiro atoms. The van der Waals surface area contributed by atoms with Gasteiger partial charge in [-0.2, -0.15) is 0 Å². The molecule has 0 aromatic carbocycles. The summed E-state index contributed by atoms with van der Waals surface area (Å²) in [6.07, 6.45) is 1.69. The van der Waals surface area contributed by atoms with Gasteiger partial charge in [0, 0.05) is 30.7 Å². The van der Waals surface area contributed by atoms with Crippen molar-refractivity contribution in [3.05, 3.63) is 22.6 Å². The fourth-order valence-electron chi connectivity index (χ4n) is 1.21. The van der Waals surface area contributed by atoms with Gasteiger partial charge in [-0.3, -0.25) is 0 Å². The number of furan rings is 1. The van der Waals surface area contributed by atoms with Crippen molar-refractivity contribution in [3.8, 4) is 0 Å². The molecule has 0 bridgehead atoms. The van der Waals surface area contributed by atoms with E-state index < -0.39 is 0 Å². The van der Waals surface area contributed by atoms with Gasteiger partial charge < -0.3 is 15.1 Å². The zero-order valence-corrected chi connectivity index (χ0v) is 11.1. The first-order valence-corrected chi connectivity index (χ1v) is 6.07. The fraction of sp³-hybridized carbons (Fsp3) is 0.636. The Bertz CT molecular complexity index is 286. The smallest absolute Gasteiger partial charge is 0.173 e. The van der Waals surface area contributed by atoms with Gasteiger partial charge in [0.05, 0.1) is 6.26 Å². The van der Waals surface area contributed by atoms with Gasteiger partial charge in [-0.05, 0) is 28.9 Å². The Kier molecular flexibility index (Phi) is 5.36. The average Bonchev–Trinajstić information content (AvgIpc) is 2.58. The molecule has 1 atom stereocenters. The lowest BCUT2D eigenvalue weighted by atomic mass is 10.2. The lowest BCUT2D eigenvalue weighted by Crippen LogP contribution is -2.38. The minimum absolute atomic E-state index is 0.453. The summed E-state index contributed by atoms with van der Waals surface area (Å²) in [5, 5.41) is 6.82. The lowest BCUT2D eigenvalue weighted by Gasteiger charge is -2.16. The number of hydrogen-bond donors (Lipinski definition) is 2. The van der Waals surface area contributed by atoms with Crippen molar-refractivity contribution < 1.29 is 4.42 Å². The zero-order valence-electron chi connectivity index (χ0n) is 9.51. The Balaban J connectivity index is 2.22. The maximum atomic E-state index is 5.16. The first-order valence-electron chi connectivity index (χ1n) is 5.28. The van der Waals surface area contributed by atoms with Gasteiger partial charge in [0.25, 0.3) is 0 Å². The summed E-state index contributed by atoms with van der Waals surface area (Å²) in [7, 11) is 0. The molecule has 1 rings (SSSR count). The van der Waals surface area contributed by atoms with Crippen molar-refractivity contribution in [2.75, 3.05) is 6.54 Å². The van der Waals surface area contributed by atoms with Crippen LogP contribution in [0.15, 0.2) is 21.4 Å². The molecule has 1 aromatic rings. The molecule has 0 aliphatic rings. The van der Waals surface area contributed by atoms with Gasteiger partial charge in [0.1, 0.15) is 0 Å². The number of nitrogens with one attached hydrogen (secondary N) is 2. The molecule has 1 aromatic heterocycles. The summed E-state index contributed by atoms with van der Waals surface area (Å²) in [6.45, 7) is 8.29. The van der Waals surface area contributed by atoms with Crippen LogP contribution in [0.2, 0.25) is 0 Å². The predicted octanol–water partition coefficient (Wildman–Crippen LogP) is 2.52. The Morgan fingerprint density at radius 2 is 2.07 bits per heavy atom. The molecular formula is C11H19BrN2O. The second kappa shape index (κ2) is 6.30. The zero-order chi connectivity index (χ0) is 11.3. The molecule has 1 heterocycles. The highest BCUT2D eigenvalue weighted by atomic mass is 79.9. The normalized spacial score (nSPS) is 13.4. The molecule has 0 aliphatic carbocycles. The topological polar surface area (TPSA) is 37.2 Å². The van der Waals surface area contributed by atoms with E-state index in [0.29, 0.717) is 12.1 Å². The first-order chi connectivity index (χ1) is 7.09. The van der Waals surface area contributed by atoms with E-state index in [1.54, 1.807) is 6.26 Å². The quantitative estimate of drug-likeness (QED) is 0.837. The van der Waals surface area contributed by atoms with Crippen molar-refractivity contribution in [2.24, 2.45) is 0 Å². The molecule has 0 amide bonds. The van der Waals surface area contributed by atoms with Crippen LogP contribution in [0.25, 0.3) is 0 Å². The molecule has 3 nitrogen and oxygen atoms in total. The lowest BCUT2D eigenvalue weighted by molar-refractivity contribution is 0.469. The highest BCUT2D eigenvalue weighted by Crippen LogP contribution is 2.16. The van der Waals surface area contributed by atoms with E-state index in [0.717, 1.165) is 23.3 Å². The number of rotatable bonds is 6. The minimum atomic E-state index is 0.453. The summed E-state index contributed by atoms with van der Waals surface area (Å²) in [5.74, 6) is 0. The van der Waals surface area contributed by atoms with Gasteiger partial charge in [-0.15, -0.1) is 0 Å². The Hall–Kier alpha value is -0.320. The third-order valence-electron chi connectivity index (χ3n) is 2.17. The van der Waals surface area contributed by atoms with Crippen LogP contribution in [0.3, 0.4) is 0 Å². The molecule has 0 saturated carbocycles. The van der Waals surface area contributed by atoms with E-state index >= 15 is 0 Å². The Morgan fingerprint density at radius 1 is 1.33 bits per heavy atom. The molecule has 1 unspecified atom stereocenters.